The van der Waals surface area contributed by atoms with Crippen molar-refractivity contribution in [3.05, 3.63) is 0 Å². The maximum atomic E-state index is 11.3. The summed E-state index contributed by atoms with van der Waals surface area (Å²) in [5, 5.41) is 13.3. The molecule has 0 aliphatic heterocycles. The van der Waals surface area contributed by atoms with E-state index in [1.807, 2.05) is 0 Å². The molecule has 150 valence electrons. The Balaban J connectivity index is 4.77. The first-order valence-electron chi connectivity index (χ1n) is 9.80. The molecule has 1 unspecified atom stereocenters. The fourth-order valence-electron chi connectivity index (χ4n) is 2.27. The average Bonchev–Trinajstić information content (AvgIpc) is 2.59. The van der Waals surface area contributed by atoms with Crippen LogP contribution in [0.1, 0.15) is 66.2 Å². The van der Waals surface area contributed by atoms with Crippen molar-refractivity contribution in [3.8, 4) is 0 Å². The van der Waals surface area contributed by atoms with Crippen molar-refractivity contribution < 1.29 is 24.1 Å². The molecule has 0 aliphatic carbocycles. The summed E-state index contributed by atoms with van der Waals surface area (Å²) in [6, 6.07) is 0. The predicted molar refractivity (Wildman–Crippen MR) is 99.7 cm³/mol. The molecule has 0 rings (SSSR count). The molecule has 25 heavy (non-hydrogen) atoms. The molecule has 6 heteroatoms. The van der Waals surface area contributed by atoms with Crippen LogP contribution >= 0.6 is 0 Å². The number of hydrogen-bond acceptors (Lipinski definition) is 5. The van der Waals surface area contributed by atoms with Gasteiger partial charge in [0, 0.05) is 33.3 Å². The Hall–Kier alpha value is -0.690. The van der Waals surface area contributed by atoms with Crippen LogP contribution < -0.4 is 5.32 Å². The number of aliphatic hydroxyl groups is 1. The van der Waals surface area contributed by atoms with Crippen molar-refractivity contribution in [2.45, 2.75) is 84.5 Å². The van der Waals surface area contributed by atoms with Gasteiger partial charge in [0.25, 0.3) is 0 Å². The zero-order chi connectivity index (χ0) is 18.9. The third-order valence-corrected chi connectivity index (χ3v) is 3.87. The fraction of sp³-hybridized carbons (Fsp3) is 0.947. The second-order valence-corrected chi connectivity index (χ2v) is 6.38. The lowest BCUT2D eigenvalue weighted by molar-refractivity contribution is -0.140. The van der Waals surface area contributed by atoms with Crippen LogP contribution in [0.5, 0.6) is 0 Å². The average molecular weight is 362 g/mol. The maximum absolute atomic E-state index is 11.3. The van der Waals surface area contributed by atoms with E-state index in [-0.39, 0.29) is 12.5 Å². The summed E-state index contributed by atoms with van der Waals surface area (Å²) in [5.74, 6) is -0.120. The molecule has 0 aromatic rings. The Bertz CT molecular complexity index is 314. The normalized spacial score (nSPS) is 14.9. The summed E-state index contributed by atoms with van der Waals surface area (Å²) < 4.78 is 17.4. The number of rotatable bonds is 17. The van der Waals surface area contributed by atoms with E-state index in [9.17, 15) is 9.90 Å². The quantitative estimate of drug-likeness (QED) is 0.390. The molecule has 0 aliphatic rings. The highest BCUT2D eigenvalue weighted by Gasteiger charge is 2.30. The Morgan fingerprint density at radius 1 is 0.960 bits per heavy atom. The second-order valence-electron chi connectivity index (χ2n) is 6.38. The van der Waals surface area contributed by atoms with Crippen molar-refractivity contribution in [2.24, 2.45) is 0 Å². The number of ether oxygens (including phenoxy) is 3. The van der Waals surface area contributed by atoms with E-state index >= 15 is 0 Å². The first-order valence-corrected chi connectivity index (χ1v) is 9.80. The zero-order valence-corrected chi connectivity index (χ0v) is 16.6. The van der Waals surface area contributed by atoms with Crippen molar-refractivity contribution in [1.82, 2.24) is 5.32 Å². The first kappa shape index (κ1) is 24.3. The van der Waals surface area contributed by atoms with Crippen LogP contribution in [0, 0.1) is 0 Å². The van der Waals surface area contributed by atoms with Crippen molar-refractivity contribution >= 4 is 5.91 Å². The molecule has 6 nitrogen and oxygen atoms in total. The van der Waals surface area contributed by atoms with Crippen molar-refractivity contribution in [2.75, 3.05) is 33.0 Å². The highest BCUT2D eigenvalue weighted by Crippen LogP contribution is 2.12. The molecule has 0 saturated heterocycles. The molecular formula is C19H39NO5. The molecule has 0 aromatic carbocycles. The number of unbranched alkanes of at least 4 members (excludes halogenated alkanes) is 3. The van der Waals surface area contributed by atoms with Gasteiger partial charge in [0.1, 0.15) is 18.3 Å². The van der Waals surface area contributed by atoms with E-state index in [2.05, 4.69) is 26.1 Å². The van der Waals surface area contributed by atoms with Gasteiger partial charge in [-0.15, -0.1) is 0 Å². The van der Waals surface area contributed by atoms with Crippen LogP contribution in [0.2, 0.25) is 0 Å². The van der Waals surface area contributed by atoms with Gasteiger partial charge < -0.3 is 24.6 Å². The van der Waals surface area contributed by atoms with Crippen LogP contribution in [0.3, 0.4) is 0 Å². The molecule has 0 aromatic heterocycles. The van der Waals surface area contributed by atoms with Gasteiger partial charge in [-0.05, 0) is 19.3 Å². The van der Waals surface area contributed by atoms with E-state index in [1.54, 1.807) is 0 Å². The number of amides is 1. The van der Waals surface area contributed by atoms with E-state index in [4.69, 9.17) is 14.2 Å². The Morgan fingerprint density at radius 3 is 2.08 bits per heavy atom. The molecular weight excluding hydrogens is 322 g/mol. The molecule has 3 atom stereocenters. The molecule has 2 N–H and O–H groups in total. The minimum Gasteiger partial charge on any atom is -0.388 e. The summed E-state index contributed by atoms with van der Waals surface area (Å²) in [5.41, 5.74) is 0. The SMILES string of the molecule is CCCCOCC(O)[C@@H](OCCCC)[C@@H](CNC(C)=O)OCCCC. The van der Waals surface area contributed by atoms with Gasteiger partial charge in [-0.1, -0.05) is 40.0 Å². The van der Waals surface area contributed by atoms with Gasteiger partial charge >= 0.3 is 0 Å². The third-order valence-electron chi connectivity index (χ3n) is 3.87. The standard InChI is InChI=1S/C19H39NO5/c1-5-8-11-23-15-17(22)19(25-13-10-7-3)18(14-20-16(4)21)24-12-9-6-2/h17-19,22H,5-15H2,1-4H3,(H,20,21)/t17?,18-,19-/m1/s1. The number of carbonyl (C=O) groups excluding carboxylic acids is 1. The van der Waals surface area contributed by atoms with Crippen LogP contribution in [-0.2, 0) is 19.0 Å². The minimum atomic E-state index is -0.783. The summed E-state index contributed by atoms with van der Waals surface area (Å²) in [7, 11) is 0. The number of carbonyl (C=O) groups is 1. The Morgan fingerprint density at radius 2 is 1.52 bits per heavy atom. The molecule has 0 heterocycles. The summed E-state index contributed by atoms with van der Waals surface area (Å²) in [6.45, 7) is 10.1. The number of aliphatic hydroxyl groups excluding tert-OH is 1. The van der Waals surface area contributed by atoms with E-state index in [1.165, 1.54) is 6.92 Å². The molecule has 0 saturated carbocycles. The largest absolute Gasteiger partial charge is 0.388 e. The van der Waals surface area contributed by atoms with Gasteiger partial charge in [-0.2, -0.15) is 0 Å². The molecule has 1 amide bonds. The summed E-state index contributed by atoms with van der Waals surface area (Å²) >= 11 is 0. The van der Waals surface area contributed by atoms with Crippen LogP contribution in [0.4, 0.5) is 0 Å². The highest BCUT2D eigenvalue weighted by molar-refractivity contribution is 5.72. The van der Waals surface area contributed by atoms with Crippen molar-refractivity contribution in [1.29, 1.82) is 0 Å². The molecule has 0 radical (unpaired) electrons. The first-order chi connectivity index (χ1) is 12.1. The Labute approximate surface area is 153 Å². The molecule has 0 fully saturated rings. The van der Waals surface area contributed by atoms with Gasteiger partial charge in [-0.3, -0.25) is 4.79 Å². The lowest BCUT2D eigenvalue weighted by Gasteiger charge is -2.31. The van der Waals surface area contributed by atoms with Gasteiger partial charge in [0.05, 0.1) is 6.61 Å². The lowest BCUT2D eigenvalue weighted by atomic mass is 10.1. The van der Waals surface area contributed by atoms with Crippen LogP contribution in [0.15, 0.2) is 0 Å². The monoisotopic (exact) mass is 361 g/mol. The van der Waals surface area contributed by atoms with Crippen LogP contribution in [-0.4, -0.2) is 62.3 Å². The van der Waals surface area contributed by atoms with E-state index in [0.29, 0.717) is 26.4 Å². The topological polar surface area (TPSA) is 77.0 Å². The minimum absolute atomic E-state index is 0.120. The smallest absolute Gasteiger partial charge is 0.216 e. The predicted octanol–water partition coefficient (Wildman–Crippen LogP) is 2.67. The lowest BCUT2D eigenvalue weighted by Crippen LogP contribution is -2.49. The third kappa shape index (κ3) is 13.2. The highest BCUT2D eigenvalue weighted by atomic mass is 16.6. The van der Waals surface area contributed by atoms with Crippen LogP contribution in [0.25, 0.3) is 0 Å². The molecule has 0 spiro atoms. The summed E-state index contributed by atoms with van der Waals surface area (Å²) in [4.78, 5) is 11.3. The Kier molecular flexibility index (Phi) is 16.3. The zero-order valence-electron chi connectivity index (χ0n) is 16.6. The fourth-order valence-corrected chi connectivity index (χ4v) is 2.27. The summed E-state index contributed by atoms with van der Waals surface area (Å²) in [6.07, 6.45) is 4.22. The number of hydrogen-bond donors (Lipinski definition) is 2. The van der Waals surface area contributed by atoms with Gasteiger partial charge in [-0.25, -0.2) is 0 Å². The van der Waals surface area contributed by atoms with Gasteiger partial charge in [0.15, 0.2) is 0 Å². The van der Waals surface area contributed by atoms with E-state index < -0.39 is 18.3 Å². The second kappa shape index (κ2) is 16.8. The van der Waals surface area contributed by atoms with Crippen molar-refractivity contribution in [3.63, 3.8) is 0 Å². The number of nitrogens with one attached hydrogen (secondary N) is 1. The van der Waals surface area contributed by atoms with E-state index in [0.717, 1.165) is 38.5 Å². The maximum Gasteiger partial charge on any atom is 0.216 e. The molecule has 0 bridgehead atoms. The van der Waals surface area contributed by atoms with Gasteiger partial charge in [0.2, 0.25) is 5.91 Å².